The van der Waals surface area contributed by atoms with Gasteiger partial charge in [-0.15, -0.1) is 0 Å². The molecule has 3 rings (SSSR count). The van der Waals surface area contributed by atoms with E-state index in [2.05, 4.69) is 42.6 Å². The van der Waals surface area contributed by atoms with Crippen LogP contribution in [0.1, 0.15) is 18.9 Å². The molecule has 1 heterocycles. The minimum atomic E-state index is 0.117. The molecule has 2 aromatic rings. The number of hydrogen-bond acceptors (Lipinski definition) is 2. The van der Waals surface area contributed by atoms with Crippen LogP contribution in [-0.4, -0.2) is 25.3 Å². The van der Waals surface area contributed by atoms with Crippen molar-refractivity contribution in [2.45, 2.75) is 31.9 Å². The Morgan fingerprint density at radius 2 is 1.77 bits per heavy atom. The third-order valence-electron chi connectivity index (χ3n) is 4.17. The summed E-state index contributed by atoms with van der Waals surface area (Å²) in [6.07, 6.45) is 2.43. The molecule has 0 bridgehead atoms. The van der Waals surface area contributed by atoms with Crippen LogP contribution in [0.4, 0.5) is 0 Å². The molecular weight excluding hydrogens is 274 g/mol. The summed E-state index contributed by atoms with van der Waals surface area (Å²) in [6, 6.07) is 18.9. The van der Waals surface area contributed by atoms with Crippen LogP contribution in [0.15, 0.2) is 54.6 Å². The van der Waals surface area contributed by atoms with Crippen molar-refractivity contribution < 1.29 is 14.8 Å². The van der Waals surface area contributed by atoms with Gasteiger partial charge in [0.1, 0.15) is 12.6 Å². The fraction of sp³-hybridized carbons (Fsp3) is 0.368. The minimum Gasteiger partial charge on any atom is -0.486 e. The second-order valence-electron chi connectivity index (χ2n) is 5.89. The van der Waals surface area contributed by atoms with Crippen LogP contribution in [-0.2, 0) is 6.42 Å². The van der Waals surface area contributed by atoms with Gasteiger partial charge < -0.3 is 14.8 Å². The Morgan fingerprint density at radius 3 is 2.59 bits per heavy atom. The Labute approximate surface area is 132 Å². The average molecular weight is 298 g/mol. The highest BCUT2D eigenvalue weighted by molar-refractivity contribution is 5.40. The van der Waals surface area contributed by atoms with Gasteiger partial charge in [0.25, 0.3) is 0 Å². The number of ether oxygens (including phenoxy) is 2. The number of aryl methyl sites for hydroxylation is 1. The molecule has 1 aliphatic rings. The van der Waals surface area contributed by atoms with Gasteiger partial charge in [-0.1, -0.05) is 42.5 Å². The van der Waals surface area contributed by atoms with Crippen LogP contribution in [0.25, 0.3) is 0 Å². The first kappa shape index (κ1) is 14.9. The Hall–Kier alpha value is -2.00. The third-order valence-corrected chi connectivity index (χ3v) is 4.17. The van der Waals surface area contributed by atoms with E-state index in [4.69, 9.17) is 9.47 Å². The summed E-state index contributed by atoms with van der Waals surface area (Å²) in [5.41, 5.74) is 1.41. The van der Waals surface area contributed by atoms with E-state index in [1.165, 1.54) is 12.0 Å². The standard InChI is InChI=1S/C19H23NO2/c1-15(20-13-7-10-16-8-3-2-4-9-16)19-14-21-17-11-5-6-12-18(17)22-19/h2-6,8-9,11-12,15,19-20H,7,10,13-14H2,1H3/p+1/t15-,19-/m0/s1. The first-order chi connectivity index (χ1) is 10.8. The highest BCUT2D eigenvalue weighted by Crippen LogP contribution is 2.31. The van der Waals surface area contributed by atoms with Gasteiger partial charge in [-0.25, -0.2) is 0 Å². The van der Waals surface area contributed by atoms with Crippen LogP contribution >= 0.6 is 0 Å². The molecule has 0 amide bonds. The van der Waals surface area contributed by atoms with Gasteiger partial charge in [0, 0.05) is 6.42 Å². The second kappa shape index (κ2) is 7.32. The van der Waals surface area contributed by atoms with Crippen molar-refractivity contribution in [1.29, 1.82) is 0 Å². The molecule has 3 nitrogen and oxygen atoms in total. The SMILES string of the molecule is C[C@H]([NH2+]CCCc1ccccc1)[C@@H]1COc2ccccc2O1. The lowest BCUT2D eigenvalue weighted by Crippen LogP contribution is -2.92. The molecule has 0 aromatic heterocycles. The maximum absolute atomic E-state index is 6.05. The van der Waals surface area contributed by atoms with E-state index in [0.29, 0.717) is 12.6 Å². The summed E-state index contributed by atoms with van der Waals surface area (Å²) in [5.74, 6) is 1.72. The number of fused-ring (bicyclic) bond motifs is 1. The van der Waals surface area contributed by atoms with Crippen molar-refractivity contribution in [1.82, 2.24) is 0 Å². The van der Waals surface area contributed by atoms with E-state index in [9.17, 15) is 0 Å². The Kier molecular flexibility index (Phi) is 4.96. The summed E-state index contributed by atoms with van der Waals surface area (Å²) in [6.45, 7) is 3.95. The number of benzene rings is 2. The number of nitrogens with two attached hydrogens (primary N) is 1. The van der Waals surface area contributed by atoms with Gasteiger partial charge in [-0.05, 0) is 31.0 Å². The molecule has 0 fully saturated rings. The van der Waals surface area contributed by atoms with E-state index >= 15 is 0 Å². The molecule has 0 radical (unpaired) electrons. The van der Waals surface area contributed by atoms with Gasteiger partial charge in [-0.2, -0.15) is 0 Å². The maximum atomic E-state index is 6.05. The minimum absolute atomic E-state index is 0.117. The third kappa shape index (κ3) is 3.80. The van der Waals surface area contributed by atoms with E-state index < -0.39 is 0 Å². The van der Waals surface area contributed by atoms with Crippen LogP contribution in [0.5, 0.6) is 11.5 Å². The van der Waals surface area contributed by atoms with Crippen molar-refractivity contribution >= 4 is 0 Å². The number of rotatable bonds is 6. The Bertz CT molecular complexity index is 585. The van der Waals surface area contributed by atoms with Crippen molar-refractivity contribution in [3.05, 3.63) is 60.2 Å². The van der Waals surface area contributed by atoms with Gasteiger partial charge in [-0.3, -0.25) is 0 Å². The summed E-state index contributed by atoms with van der Waals surface area (Å²) in [4.78, 5) is 0. The fourth-order valence-electron chi connectivity index (χ4n) is 2.78. The highest BCUT2D eigenvalue weighted by atomic mass is 16.6. The molecule has 0 saturated carbocycles. The van der Waals surface area contributed by atoms with Gasteiger partial charge in [0.15, 0.2) is 17.6 Å². The van der Waals surface area contributed by atoms with Crippen molar-refractivity contribution in [3.8, 4) is 11.5 Å². The molecule has 2 atom stereocenters. The van der Waals surface area contributed by atoms with Crippen molar-refractivity contribution in [3.63, 3.8) is 0 Å². The topological polar surface area (TPSA) is 35.1 Å². The zero-order valence-electron chi connectivity index (χ0n) is 13.1. The molecule has 1 aliphatic heterocycles. The fourth-order valence-corrected chi connectivity index (χ4v) is 2.78. The van der Waals surface area contributed by atoms with Crippen LogP contribution in [0.2, 0.25) is 0 Å². The lowest BCUT2D eigenvalue weighted by Gasteiger charge is -2.29. The van der Waals surface area contributed by atoms with E-state index in [0.717, 1.165) is 24.5 Å². The molecule has 2 N–H and O–H groups in total. The molecule has 0 unspecified atom stereocenters. The largest absolute Gasteiger partial charge is 0.486 e. The van der Waals surface area contributed by atoms with Crippen LogP contribution in [0.3, 0.4) is 0 Å². The van der Waals surface area contributed by atoms with Gasteiger partial charge in [0.05, 0.1) is 6.54 Å². The highest BCUT2D eigenvalue weighted by Gasteiger charge is 2.27. The maximum Gasteiger partial charge on any atom is 0.184 e. The second-order valence-corrected chi connectivity index (χ2v) is 5.89. The monoisotopic (exact) mass is 298 g/mol. The first-order valence-electron chi connectivity index (χ1n) is 8.08. The zero-order valence-corrected chi connectivity index (χ0v) is 13.1. The Morgan fingerprint density at radius 1 is 1.05 bits per heavy atom. The van der Waals surface area contributed by atoms with E-state index in [-0.39, 0.29) is 6.10 Å². The molecule has 22 heavy (non-hydrogen) atoms. The molecule has 2 aromatic carbocycles. The smallest absolute Gasteiger partial charge is 0.184 e. The summed E-state index contributed by atoms with van der Waals surface area (Å²) >= 11 is 0. The van der Waals surface area contributed by atoms with E-state index in [1.54, 1.807) is 0 Å². The lowest BCUT2D eigenvalue weighted by atomic mass is 10.1. The number of para-hydroxylation sites is 2. The molecular formula is C19H24NO2+. The number of hydrogen-bond donors (Lipinski definition) is 1. The van der Waals surface area contributed by atoms with Gasteiger partial charge >= 0.3 is 0 Å². The van der Waals surface area contributed by atoms with E-state index in [1.807, 2.05) is 24.3 Å². The quantitative estimate of drug-likeness (QED) is 0.831. The molecule has 0 saturated heterocycles. The Balaban J connectivity index is 1.42. The predicted molar refractivity (Wildman–Crippen MR) is 87.4 cm³/mol. The molecule has 116 valence electrons. The first-order valence-corrected chi connectivity index (χ1v) is 8.08. The summed E-state index contributed by atoms with van der Waals surface area (Å²) in [7, 11) is 0. The predicted octanol–water partition coefficient (Wildman–Crippen LogP) is 2.41. The molecule has 0 spiro atoms. The number of quaternary nitrogens is 1. The average Bonchev–Trinajstić information content (AvgIpc) is 2.59. The van der Waals surface area contributed by atoms with Gasteiger partial charge in [0.2, 0.25) is 0 Å². The molecule has 0 aliphatic carbocycles. The lowest BCUT2D eigenvalue weighted by molar-refractivity contribution is -0.692. The zero-order chi connectivity index (χ0) is 15.2. The normalized spacial score (nSPS) is 18.0. The van der Waals surface area contributed by atoms with Crippen molar-refractivity contribution in [2.24, 2.45) is 0 Å². The molecule has 3 heteroatoms. The van der Waals surface area contributed by atoms with Crippen LogP contribution in [0, 0.1) is 0 Å². The summed E-state index contributed by atoms with van der Waals surface area (Å²) in [5, 5.41) is 2.37. The van der Waals surface area contributed by atoms with Crippen molar-refractivity contribution in [2.75, 3.05) is 13.2 Å². The summed E-state index contributed by atoms with van der Waals surface area (Å²) < 4.78 is 11.8. The van der Waals surface area contributed by atoms with Crippen LogP contribution < -0.4 is 14.8 Å².